The minimum atomic E-state index is 0.821. The average molecular weight is 281 g/mol. The molecular formula is C18H23N3. The first kappa shape index (κ1) is 14.0. The smallest absolute Gasteiger partial charge is 0.0487 e. The molecule has 0 aromatic heterocycles. The molecule has 1 aliphatic heterocycles. The van der Waals surface area contributed by atoms with Gasteiger partial charge in [-0.15, -0.1) is 0 Å². The van der Waals surface area contributed by atoms with Crippen molar-refractivity contribution in [1.82, 2.24) is 5.43 Å². The number of hydrogen-bond acceptors (Lipinski definition) is 3. The predicted molar refractivity (Wildman–Crippen MR) is 89.4 cm³/mol. The number of nitrogens with one attached hydrogen (secondary N) is 2. The molecule has 0 atom stereocenters. The fourth-order valence-corrected chi connectivity index (χ4v) is 2.87. The van der Waals surface area contributed by atoms with Gasteiger partial charge in [0.25, 0.3) is 0 Å². The Balaban J connectivity index is 1.62. The highest BCUT2D eigenvalue weighted by Gasteiger charge is 2.13. The number of rotatable bonds is 5. The zero-order valence-corrected chi connectivity index (χ0v) is 12.4. The number of benzene rings is 2. The lowest BCUT2D eigenvalue weighted by molar-refractivity contribution is 0.575. The lowest BCUT2D eigenvalue weighted by atomic mass is 10.1. The summed E-state index contributed by atoms with van der Waals surface area (Å²) in [5.74, 6) is 0. The zero-order chi connectivity index (χ0) is 14.3. The number of para-hydroxylation sites is 2. The van der Waals surface area contributed by atoms with Gasteiger partial charge in [-0.25, -0.2) is 5.43 Å². The van der Waals surface area contributed by atoms with Crippen molar-refractivity contribution in [2.24, 2.45) is 0 Å². The minimum Gasteiger partial charge on any atom is -0.371 e. The highest BCUT2D eigenvalue weighted by atomic mass is 15.3. The molecule has 21 heavy (non-hydrogen) atoms. The first-order valence-electron chi connectivity index (χ1n) is 7.80. The summed E-state index contributed by atoms with van der Waals surface area (Å²) in [4.78, 5) is 2.52. The molecule has 2 aromatic carbocycles. The van der Waals surface area contributed by atoms with Crippen molar-refractivity contribution < 1.29 is 0 Å². The van der Waals surface area contributed by atoms with Crippen LogP contribution in [-0.2, 0) is 6.54 Å². The van der Waals surface area contributed by atoms with Crippen molar-refractivity contribution in [3.63, 3.8) is 0 Å². The summed E-state index contributed by atoms with van der Waals surface area (Å²) in [5, 5.41) is 0. The lowest BCUT2D eigenvalue weighted by Gasteiger charge is -2.30. The van der Waals surface area contributed by atoms with Crippen LogP contribution in [0.2, 0.25) is 0 Å². The van der Waals surface area contributed by atoms with Crippen LogP contribution in [0.3, 0.4) is 0 Å². The van der Waals surface area contributed by atoms with Gasteiger partial charge < -0.3 is 10.3 Å². The van der Waals surface area contributed by atoms with Crippen molar-refractivity contribution in [1.29, 1.82) is 0 Å². The van der Waals surface area contributed by atoms with Crippen LogP contribution in [0, 0.1) is 0 Å². The fraction of sp³-hybridized carbons (Fsp3) is 0.333. The molecule has 1 saturated heterocycles. The first-order chi connectivity index (χ1) is 10.4. The van der Waals surface area contributed by atoms with Gasteiger partial charge in [-0.2, -0.15) is 0 Å². The second-order valence-electron chi connectivity index (χ2n) is 5.52. The van der Waals surface area contributed by atoms with Gasteiger partial charge in [-0.1, -0.05) is 36.4 Å². The number of piperidine rings is 1. The molecule has 3 rings (SSSR count). The molecule has 2 N–H and O–H groups in total. The third-order valence-corrected chi connectivity index (χ3v) is 3.97. The Kier molecular flexibility index (Phi) is 4.74. The van der Waals surface area contributed by atoms with E-state index in [1.54, 1.807) is 0 Å². The van der Waals surface area contributed by atoms with Crippen LogP contribution < -0.4 is 15.8 Å². The molecule has 0 amide bonds. The molecule has 2 aromatic rings. The van der Waals surface area contributed by atoms with Crippen LogP contribution in [0.4, 0.5) is 11.4 Å². The molecule has 0 aliphatic carbocycles. The normalized spacial score (nSPS) is 15.0. The van der Waals surface area contributed by atoms with E-state index >= 15 is 0 Å². The van der Waals surface area contributed by atoms with E-state index < -0.39 is 0 Å². The largest absolute Gasteiger partial charge is 0.371 e. The van der Waals surface area contributed by atoms with E-state index in [9.17, 15) is 0 Å². The Morgan fingerprint density at radius 3 is 2.33 bits per heavy atom. The third kappa shape index (κ3) is 3.76. The summed E-state index contributed by atoms with van der Waals surface area (Å²) < 4.78 is 0. The van der Waals surface area contributed by atoms with E-state index in [0.29, 0.717) is 0 Å². The van der Waals surface area contributed by atoms with Gasteiger partial charge >= 0.3 is 0 Å². The van der Waals surface area contributed by atoms with Gasteiger partial charge in [0.15, 0.2) is 0 Å². The van der Waals surface area contributed by atoms with E-state index in [-0.39, 0.29) is 0 Å². The maximum atomic E-state index is 3.32. The van der Waals surface area contributed by atoms with Gasteiger partial charge in [0, 0.05) is 31.0 Å². The highest BCUT2D eigenvalue weighted by molar-refractivity contribution is 5.54. The van der Waals surface area contributed by atoms with Crippen molar-refractivity contribution in [2.75, 3.05) is 23.4 Å². The second kappa shape index (κ2) is 7.14. The summed E-state index contributed by atoms with van der Waals surface area (Å²) in [6.45, 7) is 3.19. The molecule has 0 spiro atoms. The molecule has 110 valence electrons. The topological polar surface area (TPSA) is 27.3 Å². The van der Waals surface area contributed by atoms with E-state index in [1.165, 1.54) is 43.6 Å². The Morgan fingerprint density at radius 1 is 0.810 bits per heavy atom. The standard InChI is InChI=1S/C18H23N3/c1-3-10-17(11-4-1)20-19-15-16-9-5-6-12-18(16)21-13-7-2-8-14-21/h1,3-6,9-12,19-20H,2,7-8,13-15H2. The quantitative estimate of drug-likeness (QED) is 0.816. The summed E-state index contributed by atoms with van der Waals surface area (Å²) in [5.41, 5.74) is 10.4. The Hall–Kier alpha value is -2.00. The summed E-state index contributed by atoms with van der Waals surface area (Å²) in [6, 6.07) is 18.9. The molecule has 0 unspecified atom stereocenters. The lowest BCUT2D eigenvalue weighted by Crippen LogP contribution is -2.31. The summed E-state index contributed by atoms with van der Waals surface area (Å²) in [6.07, 6.45) is 3.99. The molecule has 3 nitrogen and oxygen atoms in total. The number of hydrazine groups is 1. The van der Waals surface area contributed by atoms with Gasteiger partial charge in [0.05, 0.1) is 0 Å². The SMILES string of the molecule is c1ccc(NNCc2ccccc2N2CCCCC2)cc1. The molecule has 1 aliphatic rings. The summed E-state index contributed by atoms with van der Waals surface area (Å²) in [7, 11) is 0. The van der Waals surface area contributed by atoms with Gasteiger partial charge in [0.1, 0.15) is 0 Å². The van der Waals surface area contributed by atoms with E-state index in [1.807, 2.05) is 18.2 Å². The van der Waals surface area contributed by atoms with Crippen molar-refractivity contribution in [3.05, 3.63) is 60.2 Å². The van der Waals surface area contributed by atoms with Crippen molar-refractivity contribution >= 4 is 11.4 Å². The Labute approximate surface area is 127 Å². The Morgan fingerprint density at radius 2 is 1.52 bits per heavy atom. The van der Waals surface area contributed by atoms with Crippen LogP contribution in [0.5, 0.6) is 0 Å². The molecular weight excluding hydrogens is 258 g/mol. The Bertz CT molecular complexity index is 547. The van der Waals surface area contributed by atoms with Gasteiger partial charge in [-0.05, 0) is 43.0 Å². The van der Waals surface area contributed by atoms with Crippen LogP contribution in [-0.4, -0.2) is 13.1 Å². The van der Waals surface area contributed by atoms with Gasteiger partial charge in [0.2, 0.25) is 0 Å². The second-order valence-corrected chi connectivity index (χ2v) is 5.52. The minimum absolute atomic E-state index is 0.821. The first-order valence-corrected chi connectivity index (χ1v) is 7.80. The highest BCUT2D eigenvalue weighted by Crippen LogP contribution is 2.24. The van der Waals surface area contributed by atoms with Crippen LogP contribution >= 0.6 is 0 Å². The fourth-order valence-electron chi connectivity index (χ4n) is 2.87. The maximum absolute atomic E-state index is 3.32. The summed E-state index contributed by atoms with van der Waals surface area (Å²) >= 11 is 0. The van der Waals surface area contributed by atoms with E-state index in [4.69, 9.17) is 0 Å². The number of nitrogens with zero attached hydrogens (tertiary/aromatic N) is 1. The molecule has 3 heteroatoms. The zero-order valence-electron chi connectivity index (χ0n) is 12.4. The van der Waals surface area contributed by atoms with Crippen molar-refractivity contribution in [2.45, 2.75) is 25.8 Å². The monoisotopic (exact) mass is 281 g/mol. The molecule has 0 bridgehead atoms. The van der Waals surface area contributed by atoms with Crippen LogP contribution in [0.15, 0.2) is 54.6 Å². The molecule has 0 saturated carbocycles. The molecule has 1 heterocycles. The predicted octanol–water partition coefficient (Wildman–Crippen LogP) is 3.79. The maximum Gasteiger partial charge on any atom is 0.0487 e. The van der Waals surface area contributed by atoms with Crippen LogP contribution in [0.25, 0.3) is 0 Å². The molecule has 0 radical (unpaired) electrons. The van der Waals surface area contributed by atoms with Gasteiger partial charge in [-0.3, -0.25) is 0 Å². The average Bonchev–Trinajstić information content (AvgIpc) is 2.57. The number of hydrogen-bond donors (Lipinski definition) is 2. The number of anilines is 2. The van der Waals surface area contributed by atoms with Crippen molar-refractivity contribution in [3.8, 4) is 0 Å². The van der Waals surface area contributed by atoms with E-state index in [2.05, 4.69) is 52.1 Å². The third-order valence-electron chi connectivity index (χ3n) is 3.97. The molecule has 1 fully saturated rings. The van der Waals surface area contributed by atoms with Crippen LogP contribution in [0.1, 0.15) is 24.8 Å². The van der Waals surface area contributed by atoms with E-state index in [0.717, 1.165) is 12.2 Å².